The van der Waals surface area contributed by atoms with Crippen LogP contribution in [0.1, 0.15) is 0 Å². The van der Waals surface area contributed by atoms with Crippen LogP contribution in [0.25, 0.3) is 0 Å². The Hall–Kier alpha value is 0.634. The summed E-state index contributed by atoms with van der Waals surface area (Å²) < 4.78 is 9.89. The Morgan fingerprint density at radius 3 is 1.14 bits per heavy atom. The second-order valence-corrected chi connectivity index (χ2v) is 1.22. The minimum absolute atomic E-state index is 0. The molecule has 1 rings (SSSR count). The fourth-order valence-electron chi connectivity index (χ4n) is 0.440. The minimum atomic E-state index is 0. The molecule has 1 heterocycles. The Labute approximate surface area is 58.1 Å². The van der Waals surface area contributed by atoms with E-state index in [2.05, 4.69) is 0 Å². The van der Waals surface area contributed by atoms with E-state index >= 15 is 0 Å². The van der Waals surface area contributed by atoms with Crippen molar-refractivity contribution in [1.29, 1.82) is 0 Å². The molecule has 0 aromatic carbocycles. The fraction of sp³-hybridized carbons (Fsp3) is 1.00. The van der Waals surface area contributed by atoms with Gasteiger partial charge in [0, 0.05) is 21.7 Å². The maximum atomic E-state index is 4.94. The van der Waals surface area contributed by atoms with Crippen LogP contribution in [0.3, 0.4) is 0 Å². The average molecular weight is 136 g/mol. The van der Waals surface area contributed by atoms with Crippen molar-refractivity contribution < 1.29 is 31.2 Å². The van der Waals surface area contributed by atoms with Crippen LogP contribution in [-0.2, 0) is 31.2 Å². The summed E-state index contributed by atoms with van der Waals surface area (Å²) in [5.74, 6) is 0. The van der Waals surface area contributed by atoms with Gasteiger partial charge in [0.2, 0.25) is 0 Å². The molecule has 0 bridgehead atoms. The molecule has 1 saturated heterocycles. The normalized spacial score (nSPS) is 20.6. The molecule has 0 amide bonds. The molecule has 2 nitrogen and oxygen atoms in total. The van der Waals surface area contributed by atoms with E-state index in [4.69, 9.17) is 9.47 Å². The molecular weight excluding hydrogens is 128 g/mol. The predicted octanol–water partition coefficient (Wildman–Crippen LogP) is 0.0307. The summed E-state index contributed by atoms with van der Waals surface area (Å²) in [6.45, 7) is 3.11. The molecule has 0 N–H and O–H groups in total. The standard InChI is InChI=1S/C4H8O2.Ti/c1-2-6-4-3-5-1;/h1-4H2;. The van der Waals surface area contributed by atoms with E-state index in [-0.39, 0.29) is 21.7 Å². The van der Waals surface area contributed by atoms with Crippen molar-refractivity contribution >= 4 is 0 Å². The van der Waals surface area contributed by atoms with Crippen LogP contribution in [0, 0.1) is 0 Å². The average Bonchev–Trinajstić information content (AvgIpc) is 1.72. The van der Waals surface area contributed by atoms with Gasteiger partial charge in [0.15, 0.2) is 0 Å². The van der Waals surface area contributed by atoms with Crippen molar-refractivity contribution in [2.24, 2.45) is 0 Å². The number of rotatable bonds is 0. The monoisotopic (exact) mass is 136 g/mol. The van der Waals surface area contributed by atoms with E-state index in [0.717, 1.165) is 26.4 Å². The molecule has 0 spiro atoms. The van der Waals surface area contributed by atoms with E-state index in [0.29, 0.717) is 0 Å². The third-order valence-corrected chi connectivity index (χ3v) is 0.744. The fourth-order valence-corrected chi connectivity index (χ4v) is 0.440. The topological polar surface area (TPSA) is 18.5 Å². The van der Waals surface area contributed by atoms with Crippen LogP contribution in [0.15, 0.2) is 0 Å². The minimum Gasteiger partial charge on any atom is -0.377 e. The Morgan fingerprint density at radius 2 is 1.00 bits per heavy atom. The molecule has 0 radical (unpaired) electrons. The van der Waals surface area contributed by atoms with Gasteiger partial charge in [-0.25, -0.2) is 0 Å². The molecule has 0 aromatic heterocycles. The second-order valence-electron chi connectivity index (χ2n) is 1.22. The summed E-state index contributed by atoms with van der Waals surface area (Å²) >= 11 is 0. The third-order valence-electron chi connectivity index (χ3n) is 0.744. The summed E-state index contributed by atoms with van der Waals surface area (Å²) in [6, 6.07) is 0. The van der Waals surface area contributed by atoms with Crippen molar-refractivity contribution in [2.75, 3.05) is 26.4 Å². The van der Waals surface area contributed by atoms with Gasteiger partial charge in [-0.1, -0.05) is 0 Å². The Kier molecular flexibility index (Phi) is 5.22. The van der Waals surface area contributed by atoms with Crippen LogP contribution < -0.4 is 0 Å². The van der Waals surface area contributed by atoms with Crippen molar-refractivity contribution in [3.8, 4) is 0 Å². The first-order chi connectivity index (χ1) is 3.00. The second kappa shape index (κ2) is 4.79. The smallest absolute Gasteiger partial charge is 0.0701 e. The van der Waals surface area contributed by atoms with Gasteiger partial charge >= 0.3 is 0 Å². The SMILES string of the molecule is C1COCCO1.[Ti]. The Balaban J connectivity index is 0.000000360. The Bertz CT molecular complexity index is 25.2. The molecule has 0 aliphatic carbocycles. The molecule has 1 aliphatic heterocycles. The van der Waals surface area contributed by atoms with Gasteiger partial charge in [-0.15, -0.1) is 0 Å². The molecule has 1 fully saturated rings. The molecule has 0 atom stereocenters. The quantitative estimate of drug-likeness (QED) is 0.437. The van der Waals surface area contributed by atoms with Crippen molar-refractivity contribution in [1.82, 2.24) is 0 Å². The van der Waals surface area contributed by atoms with Crippen LogP contribution in [0.5, 0.6) is 0 Å². The zero-order valence-corrected chi connectivity index (χ0v) is 5.71. The molecule has 1 aliphatic rings. The first kappa shape index (κ1) is 7.63. The summed E-state index contributed by atoms with van der Waals surface area (Å²) in [4.78, 5) is 0. The van der Waals surface area contributed by atoms with Gasteiger partial charge in [0.05, 0.1) is 26.4 Å². The Morgan fingerprint density at radius 1 is 0.714 bits per heavy atom. The summed E-state index contributed by atoms with van der Waals surface area (Å²) in [7, 11) is 0. The number of hydrogen-bond acceptors (Lipinski definition) is 2. The van der Waals surface area contributed by atoms with Crippen LogP contribution >= 0.6 is 0 Å². The molecule has 7 heavy (non-hydrogen) atoms. The molecule has 0 unspecified atom stereocenters. The largest absolute Gasteiger partial charge is 0.377 e. The van der Waals surface area contributed by atoms with E-state index < -0.39 is 0 Å². The molecular formula is C4H8O2Ti. The van der Waals surface area contributed by atoms with Crippen LogP contribution in [-0.4, -0.2) is 26.4 Å². The predicted molar refractivity (Wildman–Crippen MR) is 21.6 cm³/mol. The summed E-state index contributed by atoms with van der Waals surface area (Å²) in [6.07, 6.45) is 0. The van der Waals surface area contributed by atoms with Gasteiger partial charge in [-0.2, -0.15) is 0 Å². The van der Waals surface area contributed by atoms with E-state index in [1.807, 2.05) is 0 Å². The zero-order chi connectivity index (χ0) is 4.24. The van der Waals surface area contributed by atoms with Crippen molar-refractivity contribution in [3.05, 3.63) is 0 Å². The molecule has 40 valence electrons. The van der Waals surface area contributed by atoms with Crippen molar-refractivity contribution in [2.45, 2.75) is 0 Å². The van der Waals surface area contributed by atoms with Gasteiger partial charge in [-0.05, 0) is 0 Å². The van der Waals surface area contributed by atoms with Gasteiger partial charge in [0.25, 0.3) is 0 Å². The summed E-state index contributed by atoms with van der Waals surface area (Å²) in [5.41, 5.74) is 0. The van der Waals surface area contributed by atoms with Crippen molar-refractivity contribution in [3.63, 3.8) is 0 Å². The van der Waals surface area contributed by atoms with Gasteiger partial charge in [-0.3, -0.25) is 0 Å². The molecule has 0 saturated carbocycles. The van der Waals surface area contributed by atoms with Gasteiger partial charge < -0.3 is 9.47 Å². The van der Waals surface area contributed by atoms with Gasteiger partial charge in [0.1, 0.15) is 0 Å². The summed E-state index contributed by atoms with van der Waals surface area (Å²) in [5, 5.41) is 0. The zero-order valence-electron chi connectivity index (χ0n) is 4.14. The first-order valence-corrected chi connectivity index (χ1v) is 2.15. The van der Waals surface area contributed by atoms with Crippen LogP contribution in [0.4, 0.5) is 0 Å². The third kappa shape index (κ3) is 3.24. The molecule has 3 heteroatoms. The first-order valence-electron chi connectivity index (χ1n) is 2.15. The van der Waals surface area contributed by atoms with E-state index in [9.17, 15) is 0 Å². The van der Waals surface area contributed by atoms with Crippen LogP contribution in [0.2, 0.25) is 0 Å². The molecule has 0 aromatic rings. The van der Waals surface area contributed by atoms with E-state index in [1.54, 1.807) is 0 Å². The van der Waals surface area contributed by atoms with E-state index in [1.165, 1.54) is 0 Å². The number of ether oxygens (including phenoxy) is 2. The maximum Gasteiger partial charge on any atom is 0.0701 e. The maximum absolute atomic E-state index is 4.94. The number of hydrogen-bond donors (Lipinski definition) is 0.